The number of hydrogen-bond donors (Lipinski definition) is 2. The number of guanidine groups is 1. The predicted molar refractivity (Wildman–Crippen MR) is 63.2 cm³/mol. The van der Waals surface area contributed by atoms with Gasteiger partial charge in [0.1, 0.15) is 0 Å². The molecule has 0 aliphatic heterocycles. The molecule has 0 atom stereocenters. The third-order valence-electron chi connectivity index (χ3n) is 1.81. The second-order valence-electron chi connectivity index (χ2n) is 3.05. The first kappa shape index (κ1) is 15.9. The third kappa shape index (κ3) is 4.70. The number of rotatable bonds is 2. The van der Waals surface area contributed by atoms with Crippen LogP contribution in [-0.4, -0.2) is 5.96 Å². The van der Waals surface area contributed by atoms with E-state index >= 15 is 0 Å². The van der Waals surface area contributed by atoms with Crippen molar-refractivity contribution >= 4 is 30.0 Å². The molecule has 0 heterocycles. The SMILES string of the molecule is Cl.NC(N)=NCc1ccc(C(F)(F)F)cc1Cl. The Hall–Kier alpha value is -1.14. The van der Waals surface area contributed by atoms with E-state index in [4.69, 9.17) is 23.1 Å². The number of nitrogens with two attached hydrogens (primary N) is 2. The highest BCUT2D eigenvalue weighted by atomic mass is 35.5. The topological polar surface area (TPSA) is 64.4 Å². The van der Waals surface area contributed by atoms with E-state index in [1.165, 1.54) is 6.07 Å². The molecular formula is C9H10Cl2F3N3. The summed E-state index contributed by atoms with van der Waals surface area (Å²) in [5.74, 6) is -0.143. The molecule has 0 amide bonds. The number of hydrogen-bond acceptors (Lipinski definition) is 1. The van der Waals surface area contributed by atoms with Crippen molar-refractivity contribution in [2.45, 2.75) is 12.7 Å². The molecule has 0 saturated heterocycles. The minimum absolute atomic E-state index is 0. The van der Waals surface area contributed by atoms with Crippen LogP contribution in [0.3, 0.4) is 0 Å². The Morgan fingerprint density at radius 1 is 1.29 bits per heavy atom. The summed E-state index contributed by atoms with van der Waals surface area (Å²) in [4.78, 5) is 3.65. The lowest BCUT2D eigenvalue weighted by molar-refractivity contribution is -0.137. The summed E-state index contributed by atoms with van der Waals surface area (Å²) in [7, 11) is 0. The molecule has 0 aromatic heterocycles. The van der Waals surface area contributed by atoms with Crippen molar-refractivity contribution in [3.05, 3.63) is 34.3 Å². The van der Waals surface area contributed by atoms with E-state index < -0.39 is 11.7 Å². The molecular weight excluding hydrogens is 278 g/mol. The summed E-state index contributed by atoms with van der Waals surface area (Å²) >= 11 is 5.67. The number of aliphatic imine (C=N–C) groups is 1. The highest BCUT2D eigenvalue weighted by Crippen LogP contribution is 2.32. The molecule has 0 radical (unpaired) electrons. The highest BCUT2D eigenvalue weighted by Gasteiger charge is 2.30. The van der Waals surface area contributed by atoms with E-state index in [1.54, 1.807) is 0 Å². The van der Waals surface area contributed by atoms with Crippen molar-refractivity contribution in [1.82, 2.24) is 0 Å². The van der Waals surface area contributed by atoms with Crippen LogP contribution >= 0.6 is 24.0 Å². The lowest BCUT2D eigenvalue weighted by atomic mass is 10.1. The van der Waals surface area contributed by atoms with Gasteiger partial charge in [0, 0.05) is 5.02 Å². The molecule has 0 unspecified atom stereocenters. The molecule has 96 valence electrons. The number of halogens is 5. The molecule has 0 spiro atoms. The summed E-state index contributed by atoms with van der Waals surface area (Å²) < 4.78 is 36.9. The fraction of sp³-hybridized carbons (Fsp3) is 0.222. The molecule has 1 aromatic carbocycles. The average Bonchev–Trinajstić information content (AvgIpc) is 2.14. The van der Waals surface area contributed by atoms with Crippen molar-refractivity contribution in [1.29, 1.82) is 0 Å². The molecule has 3 nitrogen and oxygen atoms in total. The van der Waals surface area contributed by atoms with E-state index in [-0.39, 0.29) is 29.9 Å². The smallest absolute Gasteiger partial charge is 0.370 e. The van der Waals surface area contributed by atoms with Gasteiger partial charge in [0.05, 0.1) is 12.1 Å². The molecule has 1 aromatic rings. The van der Waals surface area contributed by atoms with E-state index in [0.29, 0.717) is 5.56 Å². The summed E-state index contributed by atoms with van der Waals surface area (Å²) in [6, 6.07) is 3.03. The zero-order valence-corrected chi connectivity index (χ0v) is 10.0. The highest BCUT2D eigenvalue weighted by molar-refractivity contribution is 6.31. The van der Waals surface area contributed by atoms with E-state index in [0.717, 1.165) is 12.1 Å². The van der Waals surface area contributed by atoms with Gasteiger partial charge in [-0.25, -0.2) is 4.99 Å². The van der Waals surface area contributed by atoms with Crippen molar-refractivity contribution in [3.8, 4) is 0 Å². The number of alkyl halides is 3. The lowest BCUT2D eigenvalue weighted by Crippen LogP contribution is -2.22. The third-order valence-corrected chi connectivity index (χ3v) is 2.16. The molecule has 0 bridgehead atoms. The Morgan fingerprint density at radius 3 is 2.29 bits per heavy atom. The maximum atomic E-state index is 12.3. The van der Waals surface area contributed by atoms with Crippen molar-refractivity contribution < 1.29 is 13.2 Å². The van der Waals surface area contributed by atoms with Crippen LogP contribution in [0.2, 0.25) is 5.02 Å². The van der Waals surface area contributed by atoms with Gasteiger partial charge in [-0.15, -0.1) is 12.4 Å². The standard InChI is InChI=1S/C9H9ClF3N3.ClH/c10-7-3-6(9(11,12)13)2-1-5(7)4-16-8(14)15;/h1-3H,4H2,(H4,14,15,16);1H. The van der Waals surface area contributed by atoms with Gasteiger partial charge in [-0.1, -0.05) is 17.7 Å². The first-order chi connectivity index (χ1) is 7.30. The van der Waals surface area contributed by atoms with Gasteiger partial charge in [-0.3, -0.25) is 0 Å². The minimum atomic E-state index is -4.40. The van der Waals surface area contributed by atoms with Crippen LogP contribution in [0.5, 0.6) is 0 Å². The van der Waals surface area contributed by atoms with E-state index in [9.17, 15) is 13.2 Å². The van der Waals surface area contributed by atoms with Crippen LogP contribution < -0.4 is 11.5 Å². The van der Waals surface area contributed by atoms with Crippen LogP contribution in [0, 0.1) is 0 Å². The molecule has 4 N–H and O–H groups in total. The second kappa shape index (κ2) is 5.97. The van der Waals surface area contributed by atoms with Crippen LogP contribution in [0.25, 0.3) is 0 Å². The molecule has 0 aliphatic rings. The summed E-state index contributed by atoms with van der Waals surface area (Å²) in [6.45, 7) is 0.0549. The van der Waals surface area contributed by atoms with Gasteiger partial charge in [-0.05, 0) is 17.7 Å². The molecule has 8 heteroatoms. The monoisotopic (exact) mass is 287 g/mol. The van der Waals surface area contributed by atoms with Crippen molar-refractivity contribution in [2.75, 3.05) is 0 Å². The van der Waals surface area contributed by atoms with Gasteiger partial charge in [0.15, 0.2) is 5.96 Å². The zero-order valence-electron chi connectivity index (χ0n) is 8.46. The minimum Gasteiger partial charge on any atom is -0.370 e. The maximum absolute atomic E-state index is 12.3. The first-order valence-corrected chi connectivity index (χ1v) is 4.59. The summed E-state index contributed by atoms with van der Waals surface area (Å²) in [5, 5.41) is -0.0141. The van der Waals surface area contributed by atoms with E-state index in [1.807, 2.05) is 0 Å². The van der Waals surface area contributed by atoms with Crippen LogP contribution in [0.15, 0.2) is 23.2 Å². The lowest BCUT2D eigenvalue weighted by Gasteiger charge is -2.08. The maximum Gasteiger partial charge on any atom is 0.416 e. The molecule has 17 heavy (non-hydrogen) atoms. The molecule has 0 saturated carbocycles. The van der Waals surface area contributed by atoms with Gasteiger partial charge >= 0.3 is 6.18 Å². The van der Waals surface area contributed by atoms with Crippen LogP contribution in [0.4, 0.5) is 13.2 Å². The van der Waals surface area contributed by atoms with Gasteiger partial charge < -0.3 is 11.5 Å². The summed E-state index contributed by atoms with van der Waals surface area (Å²) in [5.41, 5.74) is 9.82. The molecule has 1 rings (SSSR count). The van der Waals surface area contributed by atoms with E-state index in [2.05, 4.69) is 4.99 Å². The van der Waals surface area contributed by atoms with Crippen molar-refractivity contribution in [2.24, 2.45) is 16.5 Å². The average molecular weight is 288 g/mol. The fourth-order valence-electron chi connectivity index (χ4n) is 1.03. The first-order valence-electron chi connectivity index (χ1n) is 4.21. The number of benzene rings is 1. The van der Waals surface area contributed by atoms with Gasteiger partial charge in [0.2, 0.25) is 0 Å². The normalized spacial score (nSPS) is 10.6. The Morgan fingerprint density at radius 2 is 1.88 bits per heavy atom. The number of nitrogens with zero attached hydrogens (tertiary/aromatic N) is 1. The Bertz CT molecular complexity index is 414. The molecule has 0 aliphatic carbocycles. The Kier molecular flexibility index (Phi) is 5.57. The summed E-state index contributed by atoms with van der Waals surface area (Å²) in [6.07, 6.45) is -4.40. The Labute approximate surface area is 107 Å². The second-order valence-corrected chi connectivity index (χ2v) is 3.45. The molecule has 0 fully saturated rings. The fourth-order valence-corrected chi connectivity index (χ4v) is 1.27. The van der Waals surface area contributed by atoms with Gasteiger partial charge in [-0.2, -0.15) is 13.2 Å². The van der Waals surface area contributed by atoms with Crippen LogP contribution in [-0.2, 0) is 12.7 Å². The predicted octanol–water partition coefficient (Wildman–Crippen LogP) is 2.55. The zero-order chi connectivity index (χ0) is 12.3. The van der Waals surface area contributed by atoms with Crippen LogP contribution in [0.1, 0.15) is 11.1 Å². The Balaban J connectivity index is 0.00000256. The quantitative estimate of drug-likeness (QED) is 0.649. The van der Waals surface area contributed by atoms with Crippen molar-refractivity contribution in [3.63, 3.8) is 0 Å². The largest absolute Gasteiger partial charge is 0.416 e. The van der Waals surface area contributed by atoms with Gasteiger partial charge in [0.25, 0.3) is 0 Å².